The molecule has 0 aliphatic rings. The highest BCUT2D eigenvalue weighted by atomic mass is 16.2. The van der Waals surface area contributed by atoms with Gasteiger partial charge in [0, 0.05) is 65.0 Å². The zero-order valence-electron chi connectivity index (χ0n) is 19.6. The lowest BCUT2D eigenvalue weighted by Crippen LogP contribution is -2.26. The number of carbonyl (C=O) groups excluding carboxylic acids is 1. The maximum atomic E-state index is 13.2. The van der Waals surface area contributed by atoms with E-state index in [4.69, 9.17) is 0 Å². The van der Waals surface area contributed by atoms with Gasteiger partial charge in [-0.25, -0.2) is 0 Å². The summed E-state index contributed by atoms with van der Waals surface area (Å²) in [5.74, 6) is -0.0809. The summed E-state index contributed by atoms with van der Waals surface area (Å²) in [4.78, 5) is 23.3. The van der Waals surface area contributed by atoms with E-state index in [1.165, 1.54) is 5.56 Å². The molecule has 0 aliphatic carbocycles. The minimum absolute atomic E-state index is 0.0809. The molecule has 6 nitrogen and oxygen atoms in total. The maximum absolute atomic E-state index is 13.2. The van der Waals surface area contributed by atoms with E-state index in [0.29, 0.717) is 5.56 Å². The van der Waals surface area contributed by atoms with Crippen LogP contribution in [0.1, 0.15) is 15.9 Å². The third kappa shape index (κ3) is 4.96. The molecule has 0 saturated carbocycles. The molecule has 0 unspecified atom stereocenters. The van der Waals surface area contributed by atoms with Gasteiger partial charge in [-0.05, 0) is 79.7 Å². The first-order chi connectivity index (χ1) is 17.1. The van der Waals surface area contributed by atoms with Gasteiger partial charge in [-0.3, -0.25) is 14.8 Å². The second-order valence-electron chi connectivity index (χ2n) is 8.36. The van der Waals surface area contributed by atoms with Crippen LogP contribution < -0.4 is 15.5 Å². The predicted octanol–water partition coefficient (Wildman–Crippen LogP) is 6.70. The Hall–Kier alpha value is -4.71. The van der Waals surface area contributed by atoms with Gasteiger partial charge >= 0.3 is 0 Å². The van der Waals surface area contributed by atoms with Gasteiger partial charge < -0.3 is 15.5 Å². The number of aromatic nitrogens is 2. The van der Waals surface area contributed by atoms with E-state index in [2.05, 4.69) is 39.7 Å². The van der Waals surface area contributed by atoms with Crippen molar-refractivity contribution in [1.29, 1.82) is 0 Å². The quantitative estimate of drug-likeness (QED) is 0.296. The molecule has 2 heterocycles. The molecule has 0 spiro atoms. The Kier molecular flexibility index (Phi) is 6.09. The molecule has 0 saturated heterocycles. The molecule has 5 rings (SSSR count). The number of hydrogen-bond acceptors (Lipinski definition) is 5. The average Bonchev–Trinajstić information content (AvgIpc) is 2.89. The summed E-state index contributed by atoms with van der Waals surface area (Å²) in [6.45, 7) is 2.07. The zero-order valence-corrected chi connectivity index (χ0v) is 19.6. The number of benzene rings is 3. The van der Waals surface area contributed by atoms with Crippen molar-refractivity contribution in [3.05, 3.63) is 115 Å². The lowest BCUT2D eigenvalue weighted by Gasteiger charge is -2.19. The zero-order chi connectivity index (χ0) is 24.2. The topological polar surface area (TPSA) is 70.2 Å². The summed E-state index contributed by atoms with van der Waals surface area (Å²) in [6, 6.07) is 27.2. The molecule has 3 aromatic carbocycles. The summed E-state index contributed by atoms with van der Waals surface area (Å²) in [6.07, 6.45) is 5.27. The van der Waals surface area contributed by atoms with Crippen LogP contribution in [0, 0.1) is 6.92 Å². The van der Waals surface area contributed by atoms with Crippen molar-refractivity contribution in [2.24, 2.45) is 0 Å². The van der Waals surface area contributed by atoms with E-state index in [1.54, 1.807) is 30.5 Å². The van der Waals surface area contributed by atoms with Crippen LogP contribution in [0.15, 0.2) is 104 Å². The van der Waals surface area contributed by atoms with E-state index in [0.717, 1.165) is 39.3 Å². The number of anilines is 5. The molecule has 35 heavy (non-hydrogen) atoms. The number of hydrogen-bond donors (Lipinski definition) is 2. The first-order valence-electron chi connectivity index (χ1n) is 11.3. The molecule has 0 radical (unpaired) electrons. The Morgan fingerprint density at radius 3 is 2.34 bits per heavy atom. The third-order valence-corrected chi connectivity index (χ3v) is 5.81. The molecule has 2 N–H and O–H groups in total. The minimum Gasteiger partial charge on any atom is -0.355 e. The molecule has 0 atom stereocenters. The predicted molar refractivity (Wildman–Crippen MR) is 143 cm³/mol. The summed E-state index contributed by atoms with van der Waals surface area (Å²) >= 11 is 0. The highest BCUT2D eigenvalue weighted by Crippen LogP contribution is 2.27. The highest BCUT2D eigenvalue weighted by Gasteiger charge is 2.14. The Labute approximate surface area is 204 Å². The van der Waals surface area contributed by atoms with Crippen LogP contribution in [-0.4, -0.2) is 22.9 Å². The number of nitrogens with one attached hydrogen (secondary N) is 2. The largest absolute Gasteiger partial charge is 0.355 e. The third-order valence-electron chi connectivity index (χ3n) is 5.81. The van der Waals surface area contributed by atoms with E-state index in [-0.39, 0.29) is 5.91 Å². The molecule has 6 heteroatoms. The first-order valence-corrected chi connectivity index (χ1v) is 11.3. The minimum atomic E-state index is -0.0809. The summed E-state index contributed by atoms with van der Waals surface area (Å²) in [7, 11) is 1.78. The van der Waals surface area contributed by atoms with Crippen LogP contribution >= 0.6 is 0 Å². The van der Waals surface area contributed by atoms with Gasteiger partial charge in [-0.15, -0.1) is 0 Å². The molecular formula is C29H25N5O. The van der Waals surface area contributed by atoms with Crippen LogP contribution in [0.3, 0.4) is 0 Å². The van der Waals surface area contributed by atoms with E-state index in [1.807, 2.05) is 72.8 Å². The van der Waals surface area contributed by atoms with Gasteiger partial charge in [-0.2, -0.15) is 0 Å². The Bertz CT molecular complexity index is 1480. The van der Waals surface area contributed by atoms with E-state index >= 15 is 0 Å². The summed E-state index contributed by atoms with van der Waals surface area (Å²) < 4.78 is 0. The molecular weight excluding hydrogens is 434 g/mol. The highest BCUT2D eigenvalue weighted by molar-refractivity contribution is 6.06. The monoisotopic (exact) mass is 459 g/mol. The number of nitrogens with zero attached hydrogens (tertiary/aromatic N) is 3. The van der Waals surface area contributed by atoms with Crippen molar-refractivity contribution < 1.29 is 4.79 Å². The standard InChI is InChI=1S/C29H25N5O/c1-20-6-11-27-26(18-20)28(14-17-31-27)33-22-9-7-21(8-10-22)29(35)34(2)25-5-3-4-24(19-25)32-23-12-15-30-16-13-23/h3-19H,1-2H3,(H,30,32)(H,31,33). The van der Waals surface area contributed by atoms with Crippen molar-refractivity contribution in [2.75, 3.05) is 22.6 Å². The van der Waals surface area contributed by atoms with Crippen molar-refractivity contribution in [1.82, 2.24) is 9.97 Å². The van der Waals surface area contributed by atoms with E-state index < -0.39 is 0 Å². The Balaban J connectivity index is 1.31. The summed E-state index contributed by atoms with van der Waals surface area (Å²) in [5.41, 5.74) is 7.25. The molecule has 5 aromatic rings. The fraction of sp³-hybridized carbons (Fsp3) is 0.0690. The number of fused-ring (bicyclic) bond motifs is 1. The normalized spacial score (nSPS) is 10.7. The molecule has 0 bridgehead atoms. The van der Waals surface area contributed by atoms with Gasteiger partial charge in [0.15, 0.2) is 0 Å². The second-order valence-corrected chi connectivity index (χ2v) is 8.36. The fourth-order valence-corrected chi connectivity index (χ4v) is 3.93. The molecule has 2 aromatic heterocycles. The number of pyridine rings is 2. The van der Waals surface area contributed by atoms with Crippen LogP contribution in [-0.2, 0) is 0 Å². The molecule has 1 amide bonds. The first kappa shape index (κ1) is 22.1. The Morgan fingerprint density at radius 2 is 1.54 bits per heavy atom. The second kappa shape index (κ2) is 9.65. The van der Waals surface area contributed by atoms with Crippen molar-refractivity contribution >= 4 is 45.2 Å². The number of carbonyl (C=O) groups is 1. The summed E-state index contributed by atoms with van der Waals surface area (Å²) in [5, 5.41) is 7.85. The van der Waals surface area contributed by atoms with Crippen molar-refractivity contribution in [2.45, 2.75) is 6.92 Å². The van der Waals surface area contributed by atoms with Crippen molar-refractivity contribution in [3.63, 3.8) is 0 Å². The maximum Gasteiger partial charge on any atom is 0.258 e. The van der Waals surface area contributed by atoms with Gasteiger partial charge in [0.25, 0.3) is 5.91 Å². The van der Waals surface area contributed by atoms with Crippen LogP contribution in [0.4, 0.5) is 28.4 Å². The van der Waals surface area contributed by atoms with E-state index in [9.17, 15) is 4.79 Å². The number of rotatable bonds is 6. The lowest BCUT2D eigenvalue weighted by atomic mass is 10.1. The molecule has 172 valence electrons. The molecule has 0 aliphatic heterocycles. The smallest absolute Gasteiger partial charge is 0.258 e. The van der Waals surface area contributed by atoms with Gasteiger partial charge in [0.1, 0.15) is 0 Å². The lowest BCUT2D eigenvalue weighted by molar-refractivity contribution is 0.0993. The fourth-order valence-electron chi connectivity index (χ4n) is 3.93. The van der Waals surface area contributed by atoms with Crippen LogP contribution in [0.5, 0.6) is 0 Å². The molecule has 0 fully saturated rings. The number of aryl methyl sites for hydroxylation is 1. The van der Waals surface area contributed by atoms with Gasteiger partial charge in [-0.1, -0.05) is 17.7 Å². The Morgan fingerprint density at radius 1 is 0.771 bits per heavy atom. The van der Waals surface area contributed by atoms with Crippen LogP contribution in [0.2, 0.25) is 0 Å². The van der Waals surface area contributed by atoms with Gasteiger partial charge in [0.05, 0.1) is 5.52 Å². The SMILES string of the molecule is Cc1ccc2nccc(Nc3ccc(C(=O)N(C)c4cccc(Nc5ccncc5)c4)cc3)c2c1. The average molecular weight is 460 g/mol. The van der Waals surface area contributed by atoms with Crippen LogP contribution in [0.25, 0.3) is 10.9 Å². The number of amides is 1. The van der Waals surface area contributed by atoms with Gasteiger partial charge in [0.2, 0.25) is 0 Å². The van der Waals surface area contributed by atoms with Crippen molar-refractivity contribution in [3.8, 4) is 0 Å².